The van der Waals surface area contributed by atoms with E-state index in [-0.39, 0.29) is 23.5 Å². The summed E-state index contributed by atoms with van der Waals surface area (Å²) in [5.41, 5.74) is 1.18. The fraction of sp³-hybridized carbons (Fsp3) is 0.600. The first kappa shape index (κ1) is 17.7. The van der Waals surface area contributed by atoms with Gasteiger partial charge in [-0.2, -0.15) is 0 Å². The lowest BCUT2D eigenvalue weighted by Gasteiger charge is -2.23. The van der Waals surface area contributed by atoms with Crippen molar-refractivity contribution in [1.82, 2.24) is 14.8 Å². The Morgan fingerprint density at radius 3 is 2.61 bits per heavy atom. The molecule has 23 heavy (non-hydrogen) atoms. The van der Waals surface area contributed by atoms with Crippen LogP contribution in [0.4, 0.5) is 5.69 Å². The molecule has 1 aliphatic heterocycles. The van der Waals surface area contributed by atoms with Crippen molar-refractivity contribution in [1.29, 1.82) is 0 Å². The summed E-state index contributed by atoms with van der Waals surface area (Å²) < 4.78 is 23.1. The zero-order valence-electron chi connectivity index (χ0n) is 13.8. The lowest BCUT2D eigenvalue weighted by Crippen LogP contribution is -2.38. The molecule has 1 saturated heterocycles. The molecule has 1 aliphatic rings. The van der Waals surface area contributed by atoms with Gasteiger partial charge in [-0.05, 0) is 32.6 Å². The highest BCUT2D eigenvalue weighted by Crippen LogP contribution is 2.18. The van der Waals surface area contributed by atoms with Crippen LogP contribution < -0.4 is 5.32 Å². The van der Waals surface area contributed by atoms with E-state index in [9.17, 15) is 13.2 Å². The fourth-order valence-electron chi connectivity index (χ4n) is 2.48. The predicted molar refractivity (Wildman–Crippen MR) is 90.4 cm³/mol. The van der Waals surface area contributed by atoms with Crippen molar-refractivity contribution in [3.63, 3.8) is 0 Å². The Labute approximate surface area is 137 Å². The summed E-state index contributed by atoms with van der Waals surface area (Å²) in [6.07, 6.45) is 2.12. The molecule has 2 rings (SSSR count). The number of hydrogen-bond acceptors (Lipinski definition) is 6. The Morgan fingerprint density at radius 1 is 1.35 bits per heavy atom. The van der Waals surface area contributed by atoms with Crippen LogP contribution >= 0.6 is 0 Å². The molecule has 128 valence electrons. The Bertz CT molecular complexity index is 643. The third-order valence-electron chi connectivity index (χ3n) is 3.95. The number of pyridine rings is 1. The van der Waals surface area contributed by atoms with Crippen molar-refractivity contribution in [2.75, 3.05) is 51.1 Å². The van der Waals surface area contributed by atoms with Gasteiger partial charge in [0.25, 0.3) is 5.91 Å². The number of amides is 1. The molecule has 2 heterocycles. The number of carbonyl (C=O) groups excluding carboxylic acids is 1. The second-order valence-electron chi connectivity index (χ2n) is 6.14. The van der Waals surface area contributed by atoms with Crippen molar-refractivity contribution in [2.45, 2.75) is 12.5 Å². The SMILES string of the molecule is CN(C)CCNc1ccc(C(=O)N(C)C2CCS(=O)(=O)C2)nc1. The molecule has 8 heteroatoms. The highest BCUT2D eigenvalue weighted by molar-refractivity contribution is 7.91. The smallest absolute Gasteiger partial charge is 0.272 e. The van der Waals surface area contributed by atoms with Crippen LogP contribution in [0.1, 0.15) is 16.9 Å². The van der Waals surface area contributed by atoms with Gasteiger partial charge in [-0.15, -0.1) is 0 Å². The van der Waals surface area contributed by atoms with Crippen LogP contribution in [-0.4, -0.2) is 80.9 Å². The molecule has 1 aromatic rings. The maximum Gasteiger partial charge on any atom is 0.272 e. The summed E-state index contributed by atoms with van der Waals surface area (Å²) in [6.45, 7) is 1.70. The molecule has 0 aliphatic carbocycles. The average molecular weight is 340 g/mol. The molecular weight excluding hydrogens is 316 g/mol. The summed E-state index contributed by atoms with van der Waals surface area (Å²) in [5, 5.41) is 3.23. The number of sulfone groups is 1. The lowest BCUT2D eigenvalue weighted by molar-refractivity contribution is 0.0742. The molecule has 1 unspecified atom stereocenters. The second kappa shape index (κ2) is 7.27. The number of aromatic nitrogens is 1. The molecule has 0 radical (unpaired) electrons. The minimum absolute atomic E-state index is 0.0411. The van der Waals surface area contributed by atoms with Crippen LogP contribution in [-0.2, 0) is 9.84 Å². The van der Waals surface area contributed by atoms with Crippen molar-refractivity contribution < 1.29 is 13.2 Å². The van der Waals surface area contributed by atoms with Crippen LogP contribution in [0.3, 0.4) is 0 Å². The maximum absolute atomic E-state index is 12.4. The topological polar surface area (TPSA) is 82.6 Å². The van der Waals surface area contributed by atoms with Crippen LogP contribution in [0.25, 0.3) is 0 Å². The van der Waals surface area contributed by atoms with E-state index in [0.29, 0.717) is 12.1 Å². The normalized spacial score (nSPS) is 19.7. The molecule has 1 amide bonds. The molecule has 1 fully saturated rings. The summed E-state index contributed by atoms with van der Waals surface area (Å²) >= 11 is 0. The van der Waals surface area contributed by atoms with Crippen LogP contribution in [0.5, 0.6) is 0 Å². The number of likely N-dealkylation sites (N-methyl/N-ethyl adjacent to an activating group) is 1. The van der Waals surface area contributed by atoms with Gasteiger partial charge in [-0.25, -0.2) is 13.4 Å². The number of hydrogen-bond donors (Lipinski definition) is 1. The van der Waals surface area contributed by atoms with Crippen molar-refractivity contribution in [3.8, 4) is 0 Å². The molecule has 1 atom stereocenters. The third-order valence-corrected chi connectivity index (χ3v) is 5.70. The van der Waals surface area contributed by atoms with Crippen molar-refractivity contribution in [2.24, 2.45) is 0 Å². The van der Waals surface area contributed by atoms with Gasteiger partial charge in [0, 0.05) is 26.2 Å². The average Bonchev–Trinajstić information content (AvgIpc) is 2.86. The van der Waals surface area contributed by atoms with E-state index < -0.39 is 9.84 Å². The molecule has 1 aromatic heterocycles. The first-order valence-corrected chi connectivity index (χ1v) is 9.43. The van der Waals surface area contributed by atoms with Crippen LogP contribution in [0.2, 0.25) is 0 Å². The van der Waals surface area contributed by atoms with Gasteiger partial charge in [0.1, 0.15) is 5.69 Å². The van der Waals surface area contributed by atoms with Crippen LogP contribution in [0, 0.1) is 0 Å². The van der Waals surface area contributed by atoms with E-state index in [0.717, 1.165) is 18.8 Å². The zero-order valence-corrected chi connectivity index (χ0v) is 14.6. The van der Waals surface area contributed by atoms with E-state index in [1.165, 1.54) is 4.90 Å². The molecule has 7 nitrogen and oxygen atoms in total. The fourth-order valence-corrected chi connectivity index (χ4v) is 4.25. The van der Waals surface area contributed by atoms with Crippen molar-refractivity contribution >= 4 is 21.4 Å². The highest BCUT2D eigenvalue weighted by Gasteiger charge is 2.33. The predicted octanol–water partition coefficient (Wildman–Crippen LogP) is 0.314. The van der Waals surface area contributed by atoms with Gasteiger partial charge in [-0.1, -0.05) is 0 Å². The maximum atomic E-state index is 12.4. The molecule has 0 bridgehead atoms. The highest BCUT2D eigenvalue weighted by atomic mass is 32.2. The monoisotopic (exact) mass is 340 g/mol. The lowest BCUT2D eigenvalue weighted by atomic mass is 10.2. The van der Waals surface area contributed by atoms with Gasteiger partial charge in [0.05, 0.1) is 23.4 Å². The van der Waals surface area contributed by atoms with E-state index in [1.54, 1.807) is 19.3 Å². The minimum atomic E-state index is -3.01. The minimum Gasteiger partial charge on any atom is -0.383 e. The quantitative estimate of drug-likeness (QED) is 0.803. The van der Waals surface area contributed by atoms with Gasteiger partial charge < -0.3 is 15.1 Å². The first-order chi connectivity index (χ1) is 10.8. The Balaban J connectivity index is 1.94. The number of anilines is 1. The molecule has 0 saturated carbocycles. The molecule has 0 spiro atoms. The zero-order chi connectivity index (χ0) is 17.0. The Kier molecular flexibility index (Phi) is 5.59. The number of nitrogens with zero attached hydrogens (tertiary/aromatic N) is 3. The van der Waals surface area contributed by atoms with Gasteiger partial charge in [0.15, 0.2) is 9.84 Å². The van der Waals surface area contributed by atoms with Crippen molar-refractivity contribution in [3.05, 3.63) is 24.0 Å². The molecule has 1 N–H and O–H groups in total. The van der Waals surface area contributed by atoms with E-state index in [2.05, 4.69) is 15.2 Å². The first-order valence-electron chi connectivity index (χ1n) is 7.61. The van der Waals surface area contributed by atoms with Crippen LogP contribution in [0.15, 0.2) is 18.3 Å². The Morgan fingerprint density at radius 2 is 2.09 bits per heavy atom. The van der Waals surface area contributed by atoms with E-state index in [4.69, 9.17) is 0 Å². The summed E-state index contributed by atoms with van der Waals surface area (Å²) in [5.74, 6) is -0.0522. The standard InChI is InChI=1S/C15H24N4O3S/c1-18(2)8-7-16-12-4-5-14(17-10-12)15(20)19(3)13-6-9-23(21,22)11-13/h4-5,10,13,16H,6-9,11H2,1-3H3. The largest absolute Gasteiger partial charge is 0.383 e. The third kappa shape index (κ3) is 4.90. The molecule has 0 aromatic carbocycles. The summed E-state index contributed by atoms with van der Waals surface area (Å²) in [7, 11) is 2.63. The number of nitrogens with one attached hydrogen (secondary N) is 1. The van der Waals surface area contributed by atoms with Gasteiger partial charge >= 0.3 is 0 Å². The number of carbonyl (C=O) groups is 1. The van der Waals surface area contributed by atoms with E-state index >= 15 is 0 Å². The summed E-state index contributed by atoms with van der Waals surface area (Å²) in [4.78, 5) is 20.2. The van der Waals surface area contributed by atoms with E-state index in [1.807, 2.05) is 20.2 Å². The van der Waals surface area contributed by atoms with Gasteiger partial charge in [-0.3, -0.25) is 4.79 Å². The molecular formula is C15H24N4O3S. The second-order valence-corrected chi connectivity index (χ2v) is 8.36. The van der Waals surface area contributed by atoms with Gasteiger partial charge in [0.2, 0.25) is 0 Å². The number of rotatable bonds is 6. The summed E-state index contributed by atoms with van der Waals surface area (Å²) in [6, 6.07) is 3.22. The Hall–Kier alpha value is -1.67.